The van der Waals surface area contributed by atoms with Gasteiger partial charge in [0.1, 0.15) is 23.3 Å². The van der Waals surface area contributed by atoms with Crippen molar-refractivity contribution >= 4 is 46.9 Å². The number of benzene rings is 6. The van der Waals surface area contributed by atoms with Gasteiger partial charge in [-0.15, -0.1) is 11.8 Å². The molecule has 0 aliphatic heterocycles. The molecule has 0 saturated heterocycles. The second-order valence-electron chi connectivity index (χ2n) is 12.0. The number of hydrogen-bond donors (Lipinski definition) is 3. The topological polar surface area (TPSA) is 96.5 Å². The number of aryl methyl sites for hydroxylation is 1. The Kier molecular flexibility index (Phi) is 11.9. The van der Waals surface area contributed by atoms with E-state index in [4.69, 9.17) is 4.74 Å². The Hall–Kier alpha value is -6.38. The number of carbonyl (C=O) groups is 3. The van der Waals surface area contributed by atoms with E-state index in [1.54, 1.807) is 42.5 Å². The molecule has 6 rings (SSSR count). The number of nitrogens with one attached hydrogen (secondary N) is 3. The first-order chi connectivity index (χ1) is 25.4. The van der Waals surface area contributed by atoms with Gasteiger partial charge in [-0.2, -0.15) is 0 Å². The summed E-state index contributed by atoms with van der Waals surface area (Å²) in [5.41, 5.74) is 5.44. The zero-order valence-corrected chi connectivity index (χ0v) is 29.3. The molecule has 0 bridgehead atoms. The van der Waals surface area contributed by atoms with Crippen molar-refractivity contribution in [1.29, 1.82) is 0 Å². The van der Waals surface area contributed by atoms with Crippen LogP contribution in [-0.2, 0) is 16.2 Å². The van der Waals surface area contributed by atoms with Crippen molar-refractivity contribution in [1.82, 2.24) is 5.32 Å². The van der Waals surface area contributed by atoms with Gasteiger partial charge in [-0.1, -0.05) is 103 Å². The minimum atomic E-state index is -0.514. The van der Waals surface area contributed by atoms with E-state index < -0.39 is 17.1 Å². The van der Waals surface area contributed by atoms with Gasteiger partial charge in [0.25, 0.3) is 11.8 Å². The zero-order chi connectivity index (χ0) is 36.1. The third kappa shape index (κ3) is 10.1. The highest BCUT2D eigenvalue weighted by molar-refractivity contribution is 8.00. The highest BCUT2D eigenvalue weighted by atomic mass is 32.2. The number of rotatable bonds is 13. The van der Waals surface area contributed by atoms with E-state index in [2.05, 4.69) is 16.0 Å². The van der Waals surface area contributed by atoms with Crippen LogP contribution in [-0.4, -0.2) is 17.7 Å². The van der Waals surface area contributed by atoms with Gasteiger partial charge in [-0.3, -0.25) is 14.4 Å². The lowest BCUT2D eigenvalue weighted by molar-refractivity contribution is -0.116. The smallest absolute Gasteiger partial charge is 0.272 e. The van der Waals surface area contributed by atoms with Crippen LogP contribution in [0.15, 0.2) is 174 Å². The molecule has 0 aliphatic rings. The SMILES string of the molecule is Cc1cccc(NC(=O)C(Sc2ccc(NC(=O)/C(=C/c3ccc(OCc4ccccc4)cc3)NC(=O)c3ccccc3)cc2)c2ccccc2)c1. The molecule has 0 saturated carbocycles. The van der Waals surface area contributed by atoms with E-state index in [0.717, 1.165) is 27.3 Å². The highest BCUT2D eigenvalue weighted by Gasteiger charge is 2.23. The van der Waals surface area contributed by atoms with Crippen LogP contribution in [0.25, 0.3) is 6.08 Å². The summed E-state index contributed by atoms with van der Waals surface area (Å²) in [6, 6.07) is 50.5. The second kappa shape index (κ2) is 17.5. The van der Waals surface area contributed by atoms with Gasteiger partial charge < -0.3 is 20.7 Å². The maximum absolute atomic E-state index is 13.7. The molecule has 8 heteroatoms. The van der Waals surface area contributed by atoms with E-state index in [-0.39, 0.29) is 11.6 Å². The summed E-state index contributed by atoms with van der Waals surface area (Å²) in [5.74, 6) is -0.361. The summed E-state index contributed by atoms with van der Waals surface area (Å²) >= 11 is 1.41. The molecule has 0 spiro atoms. The first kappa shape index (κ1) is 35.4. The van der Waals surface area contributed by atoms with E-state index in [0.29, 0.717) is 29.2 Å². The average molecular weight is 704 g/mol. The molecule has 0 fully saturated rings. The number of amides is 3. The summed E-state index contributed by atoms with van der Waals surface area (Å²) in [5, 5.41) is 8.23. The largest absolute Gasteiger partial charge is 0.489 e. The lowest BCUT2D eigenvalue weighted by Crippen LogP contribution is -2.30. The molecule has 258 valence electrons. The molecule has 0 aliphatic carbocycles. The molecule has 0 aromatic heterocycles. The maximum Gasteiger partial charge on any atom is 0.272 e. The van der Waals surface area contributed by atoms with Crippen molar-refractivity contribution in [2.45, 2.75) is 23.7 Å². The summed E-state index contributed by atoms with van der Waals surface area (Å²) < 4.78 is 5.91. The summed E-state index contributed by atoms with van der Waals surface area (Å²) in [6.07, 6.45) is 1.62. The van der Waals surface area contributed by atoms with Crippen molar-refractivity contribution in [2.24, 2.45) is 0 Å². The molecule has 0 heterocycles. The lowest BCUT2D eigenvalue weighted by Gasteiger charge is -2.18. The molecule has 6 aromatic rings. The predicted molar refractivity (Wildman–Crippen MR) is 209 cm³/mol. The minimum absolute atomic E-state index is 0.0715. The van der Waals surface area contributed by atoms with Crippen molar-refractivity contribution in [3.05, 3.63) is 197 Å². The number of anilines is 2. The molecule has 0 radical (unpaired) electrons. The van der Waals surface area contributed by atoms with Gasteiger partial charge in [0.2, 0.25) is 5.91 Å². The van der Waals surface area contributed by atoms with Crippen LogP contribution in [0.2, 0.25) is 0 Å². The van der Waals surface area contributed by atoms with Gasteiger partial charge in [0.15, 0.2) is 0 Å². The van der Waals surface area contributed by atoms with E-state index >= 15 is 0 Å². The Morgan fingerprint density at radius 3 is 2.00 bits per heavy atom. The zero-order valence-electron chi connectivity index (χ0n) is 28.5. The number of hydrogen-bond acceptors (Lipinski definition) is 5. The van der Waals surface area contributed by atoms with Gasteiger partial charge in [0, 0.05) is 21.8 Å². The van der Waals surface area contributed by atoms with Crippen LogP contribution in [0.4, 0.5) is 11.4 Å². The third-order valence-corrected chi connectivity index (χ3v) is 9.23. The van der Waals surface area contributed by atoms with Crippen LogP contribution in [0.1, 0.15) is 37.9 Å². The minimum Gasteiger partial charge on any atom is -0.489 e. The second-order valence-corrected chi connectivity index (χ2v) is 13.1. The first-order valence-corrected chi connectivity index (χ1v) is 17.6. The fourth-order valence-electron chi connectivity index (χ4n) is 5.29. The number of carbonyl (C=O) groups excluding carboxylic acids is 3. The summed E-state index contributed by atoms with van der Waals surface area (Å²) in [7, 11) is 0. The van der Waals surface area contributed by atoms with E-state index in [1.165, 1.54) is 11.8 Å². The van der Waals surface area contributed by atoms with Gasteiger partial charge in [-0.25, -0.2) is 0 Å². The molecule has 3 N–H and O–H groups in total. The van der Waals surface area contributed by atoms with Crippen molar-refractivity contribution < 1.29 is 19.1 Å². The first-order valence-electron chi connectivity index (χ1n) is 16.7. The molecule has 1 atom stereocenters. The Balaban J connectivity index is 1.16. The van der Waals surface area contributed by atoms with Gasteiger partial charge in [0.05, 0.1) is 0 Å². The van der Waals surface area contributed by atoms with Crippen molar-refractivity contribution in [2.75, 3.05) is 10.6 Å². The molecule has 7 nitrogen and oxygen atoms in total. The quantitative estimate of drug-likeness (QED) is 0.0823. The third-order valence-electron chi connectivity index (χ3n) is 7.96. The molecule has 1 unspecified atom stereocenters. The summed E-state index contributed by atoms with van der Waals surface area (Å²) in [4.78, 5) is 41.2. The standard InChI is InChI=1S/C44H37N3O4S/c1-31-12-11-19-37(28-31)46-44(50)41(34-15-7-3-8-16-34)52-39-26-22-36(23-27-39)45-43(49)40(47-42(48)35-17-9-4-10-18-35)29-32-20-24-38(25-21-32)51-30-33-13-5-2-6-14-33/h2-29,41H,30H2,1H3,(H,45,49)(H,46,50)(H,47,48)/b40-29-. The highest BCUT2D eigenvalue weighted by Crippen LogP contribution is 2.37. The van der Waals surface area contributed by atoms with Gasteiger partial charge >= 0.3 is 0 Å². The van der Waals surface area contributed by atoms with E-state index in [9.17, 15) is 14.4 Å². The molecule has 6 aromatic carbocycles. The molecule has 52 heavy (non-hydrogen) atoms. The van der Waals surface area contributed by atoms with Crippen LogP contribution in [0, 0.1) is 6.92 Å². The Morgan fingerprint density at radius 1 is 0.673 bits per heavy atom. The lowest BCUT2D eigenvalue weighted by atomic mass is 10.1. The molecular weight excluding hydrogens is 667 g/mol. The molecule has 3 amide bonds. The molecular formula is C44H37N3O4S. The Morgan fingerprint density at radius 2 is 1.33 bits per heavy atom. The summed E-state index contributed by atoms with van der Waals surface area (Å²) in [6.45, 7) is 2.41. The fraction of sp³-hybridized carbons (Fsp3) is 0.0682. The van der Waals surface area contributed by atoms with Crippen LogP contribution in [0.3, 0.4) is 0 Å². The predicted octanol–water partition coefficient (Wildman–Crippen LogP) is 9.46. The Bertz CT molecular complexity index is 2140. The van der Waals surface area contributed by atoms with Crippen LogP contribution in [0.5, 0.6) is 5.75 Å². The Labute approximate surface area is 307 Å². The number of ether oxygens (including phenoxy) is 1. The van der Waals surface area contributed by atoms with Crippen LogP contribution >= 0.6 is 11.8 Å². The van der Waals surface area contributed by atoms with Crippen molar-refractivity contribution in [3.63, 3.8) is 0 Å². The van der Waals surface area contributed by atoms with Crippen molar-refractivity contribution in [3.8, 4) is 5.75 Å². The normalized spacial score (nSPS) is 11.6. The fourth-order valence-corrected chi connectivity index (χ4v) is 6.32. The van der Waals surface area contributed by atoms with E-state index in [1.807, 2.05) is 134 Å². The van der Waals surface area contributed by atoms with Gasteiger partial charge in [-0.05, 0) is 95.9 Å². The van der Waals surface area contributed by atoms with Crippen LogP contribution < -0.4 is 20.7 Å². The number of thioether (sulfide) groups is 1. The average Bonchev–Trinajstić information content (AvgIpc) is 3.18. The monoisotopic (exact) mass is 703 g/mol. The maximum atomic E-state index is 13.7.